The van der Waals surface area contributed by atoms with E-state index in [0.717, 1.165) is 30.4 Å². The van der Waals surface area contributed by atoms with Gasteiger partial charge in [0.15, 0.2) is 6.61 Å². The van der Waals surface area contributed by atoms with Gasteiger partial charge in [-0.2, -0.15) is 0 Å². The van der Waals surface area contributed by atoms with Crippen LogP contribution in [0.25, 0.3) is 0 Å². The summed E-state index contributed by atoms with van der Waals surface area (Å²) in [5, 5.41) is 15.0. The number of amides is 1. The van der Waals surface area contributed by atoms with Gasteiger partial charge in [-0.05, 0) is 25.3 Å². The van der Waals surface area contributed by atoms with Crippen LogP contribution >= 0.6 is 0 Å². The van der Waals surface area contributed by atoms with Crippen LogP contribution in [0.4, 0.5) is 0 Å². The van der Waals surface area contributed by atoms with Gasteiger partial charge in [0.1, 0.15) is 5.75 Å². The Bertz CT molecular complexity index is 512. The minimum Gasteiger partial charge on any atom is -0.483 e. The lowest BCUT2D eigenvalue weighted by Gasteiger charge is -2.10. The van der Waals surface area contributed by atoms with Crippen LogP contribution in [-0.2, 0) is 11.2 Å². The smallest absolute Gasteiger partial charge is 0.257 e. The second-order valence-electron chi connectivity index (χ2n) is 4.82. The number of nitrogens with one attached hydrogen (secondary N) is 1. The molecular formula is C15H20N2O3. The number of fused-ring (bicyclic) bond motifs is 1. The van der Waals surface area contributed by atoms with Crippen LogP contribution in [0.2, 0.25) is 0 Å². The lowest BCUT2D eigenvalue weighted by Crippen LogP contribution is -2.29. The molecule has 1 amide bonds. The molecule has 0 heterocycles. The van der Waals surface area contributed by atoms with E-state index in [1.54, 1.807) is 0 Å². The number of rotatable bonds is 6. The van der Waals surface area contributed by atoms with Crippen molar-refractivity contribution in [3.05, 3.63) is 29.3 Å². The molecule has 0 radical (unpaired) electrons. The number of unbranched alkanes of at least 4 members (excludes halogenated alkanes) is 1. The third-order valence-electron chi connectivity index (χ3n) is 3.39. The molecule has 2 N–H and O–H groups in total. The molecule has 5 heteroatoms. The van der Waals surface area contributed by atoms with Crippen LogP contribution in [0.5, 0.6) is 5.75 Å². The molecule has 1 aliphatic rings. The van der Waals surface area contributed by atoms with E-state index in [2.05, 4.69) is 17.4 Å². The summed E-state index contributed by atoms with van der Waals surface area (Å²) in [7, 11) is 0. The largest absolute Gasteiger partial charge is 0.483 e. The van der Waals surface area contributed by atoms with Gasteiger partial charge in [0, 0.05) is 17.7 Å². The van der Waals surface area contributed by atoms with E-state index in [4.69, 9.17) is 9.94 Å². The van der Waals surface area contributed by atoms with Crippen molar-refractivity contribution in [3.8, 4) is 5.75 Å². The highest BCUT2D eigenvalue weighted by Crippen LogP contribution is 2.30. The fraction of sp³-hybridized carbons (Fsp3) is 0.467. The van der Waals surface area contributed by atoms with Crippen LogP contribution in [0.15, 0.2) is 23.4 Å². The van der Waals surface area contributed by atoms with E-state index < -0.39 is 0 Å². The molecule has 0 spiro atoms. The first-order valence-electron chi connectivity index (χ1n) is 6.99. The van der Waals surface area contributed by atoms with Crippen LogP contribution in [0.3, 0.4) is 0 Å². The minimum atomic E-state index is -0.106. The van der Waals surface area contributed by atoms with Gasteiger partial charge in [-0.15, -0.1) is 0 Å². The first-order chi connectivity index (χ1) is 9.76. The molecule has 0 saturated heterocycles. The molecule has 0 unspecified atom stereocenters. The lowest BCUT2D eigenvalue weighted by atomic mass is 10.1. The van der Waals surface area contributed by atoms with E-state index in [1.165, 1.54) is 0 Å². The third-order valence-corrected chi connectivity index (χ3v) is 3.39. The third kappa shape index (κ3) is 3.29. The number of benzene rings is 1. The van der Waals surface area contributed by atoms with Gasteiger partial charge < -0.3 is 15.3 Å². The Morgan fingerprint density at radius 2 is 2.30 bits per heavy atom. The first kappa shape index (κ1) is 14.4. The molecular weight excluding hydrogens is 256 g/mol. The maximum atomic E-state index is 11.6. The summed E-state index contributed by atoms with van der Waals surface area (Å²) in [6.45, 7) is 2.79. The number of nitrogens with zero attached hydrogens (tertiary/aromatic N) is 1. The monoisotopic (exact) mass is 276 g/mol. The zero-order valence-corrected chi connectivity index (χ0v) is 11.7. The maximum absolute atomic E-state index is 11.6. The van der Waals surface area contributed by atoms with Gasteiger partial charge in [0.05, 0.1) is 5.71 Å². The molecule has 1 aromatic rings. The molecule has 1 aliphatic carbocycles. The van der Waals surface area contributed by atoms with Crippen LogP contribution in [0.1, 0.15) is 37.3 Å². The average Bonchev–Trinajstić information content (AvgIpc) is 2.89. The molecule has 108 valence electrons. The number of hydrogen-bond acceptors (Lipinski definition) is 4. The molecule has 0 bridgehead atoms. The normalized spacial score (nSPS) is 15.2. The lowest BCUT2D eigenvalue weighted by molar-refractivity contribution is -0.123. The summed E-state index contributed by atoms with van der Waals surface area (Å²) in [6, 6.07) is 5.60. The van der Waals surface area contributed by atoms with Crippen molar-refractivity contribution in [2.24, 2.45) is 5.16 Å². The van der Waals surface area contributed by atoms with Crippen LogP contribution in [-0.4, -0.2) is 30.0 Å². The van der Waals surface area contributed by atoms with Crippen molar-refractivity contribution in [1.29, 1.82) is 0 Å². The Balaban J connectivity index is 1.95. The quantitative estimate of drug-likeness (QED) is 0.475. The van der Waals surface area contributed by atoms with E-state index in [-0.39, 0.29) is 12.5 Å². The second-order valence-corrected chi connectivity index (χ2v) is 4.82. The van der Waals surface area contributed by atoms with Crippen molar-refractivity contribution >= 4 is 11.6 Å². The Morgan fingerprint density at radius 1 is 1.45 bits per heavy atom. The van der Waals surface area contributed by atoms with Crippen LogP contribution < -0.4 is 10.1 Å². The van der Waals surface area contributed by atoms with Crippen molar-refractivity contribution in [2.75, 3.05) is 13.2 Å². The molecule has 5 nitrogen and oxygen atoms in total. The molecule has 20 heavy (non-hydrogen) atoms. The Kier molecular flexibility index (Phi) is 4.98. The number of carbonyl (C=O) groups excluding carboxylic acids is 1. The number of oxime groups is 1. The summed E-state index contributed by atoms with van der Waals surface area (Å²) in [5.41, 5.74) is 2.61. The van der Waals surface area contributed by atoms with Crippen molar-refractivity contribution in [1.82, 2.24) is 5.32 Å². The Morgan fingerprint density at radius 3 is 3.05 bits per heavy atom. The van der Waals surface area contributed by atoms with E-state index in [9.17, 15) is 4.79 Å². The average molecular weight is 276 g/mol. The van der Waals surface area contributed by atoms with Gasteiger partial charge in [0.25, 0.3) is 5.91 Å². The van der Waals surface area contributed by atoms with Crippen molar-refractivity contribution in [3.63, 3.8) is 0 Å². The van der Waals surface area contributed by atoms with Crippen LogP contribution in [0, 0.1) is 0 Å². The van der Waals surface area contributed by atoms with Gasteiger partial charge in [-0.3, -0.25) is 4.79 Å². The molecule has 2 rings (SSSR count). The molecule has 0 saturated carbocycles. The van der Waals surface area contributed by atoms with Gasteiger partial charge in [-0.25, -0.2) is 0 Å². The van der Waals surface area contributed by atoms with Crippen molar-refractivity contribution in [2.45, 2.75) is 32.6 Å². The highest BCUT2D eigenvalue weighted by atomic mass is 16.5. The molecule has 0 aliphatic heterocycles. The van der Waals surface area contributed by atoms with E-state index >= 15 is 0 Å². The maximum Gasteiger partial charge on any atom is 0.257 e. The van der Waals surface area contributed by atoms with Crippen molar-refractivity contribution < 1.29 is 14.7 Å². The Hall–Kier alpha value is -2.04. The second kappa shape index (κ2) is 6.93. The number of ether oxygens (including phenoxy) is 1. The highest BCUT2D eigenvalue weighted by Gasteiger charge is 2.21. The highest BCUT2D eigenvalue weighted by molar-refractivity contribution is 6.04. The minimum absolute atomic E-state index is 0.0196. The fourth-order valence-corrected chi connectivity index (χ4v) is 2.31. The SMILES string of the molecule is CCCCNC(=O)COc1cccc2c1CCC2=NO. The summed E-state index contributed by atoms with van der Waals surface area (Å²) in [6.07, 6.45) is 3.51. The zero-order valence-electron chi connectivity index (χ0n) is 11.7. The summed E-state index contributed by atoms with van der Waals surface area (Å²) < 4.78 is 5.59. The predicted molar refractivity (Wildman–Crippen MR) is 76.5 cm³/mol. The summed E-state index contributed by atoms with van der Waals surface area (Å²) >= 11 is 0. The molecule has 1 aromatic carbocycles. The molecule has 0 atom stereocenters. The van der Waals surface area contributed by atoms with E-state index in [0.29, 0.717) is 24.4 Å². The van der Waals surface area contributed by atoms with E-state index in [1.807, 2.05) is 18.2 Å². The fourth-order valence-electron chi connectivity index (χ4n) is 2.31. The number of carbonyl (C=O) groups is 1. The summed E-state index contributed by atoms with van der Waals surface area (Å²) in [5.74, 6) is 0.594. The zero-order chi connectivity index (χ0) is 14.4. The van der Waals surface area contributed by atoms with Gasteiger partial charge in [0.2, 0.25) is 0 Å². The first-order valence-corrected chi connectivity index (χ1v) is 6.99. The molecule has 0 fully saturated rings. The topological polar surface area (TPSA) is 70.9 Å². The molecule has 0 aromatic heterocycles. The van der Waals surface area contributed by atoms with Gasteiger partial charge >= 0.3 is 0 Å². The van der Waals surface area contributed by atoms with Gasteiger partial charge in [-0.1, -0.05) is 30.6 Å². The standard InChI is InChI=1S/C15H20N2O3/c1-2-3-9-16-15(18)10-20-14-6-4-5-11-12(14)7-8-13(11)17-19/h4-6,19H,2-3,7-10H2,1H3,(H,16,18). The predicted octanol–water partition coefficient (Wildman–Crippen LogP) is 2.11. The Labute approximate surface area is 118 Å². The summed E-state index contributed by atoms with van der Waals surface area (Å²) in [4.78, 5) is 11.6. The number of hydrogen-bond donors (Lipinski definition) is 2.